The number of benzene rings is 1. The zero-order chi connectivity index (χ0) is 17.9. The molecule has 0 aliphatic carbocycles. The molecule has 0 saturated carbocycles. The van der Waals surface area contributed by atoms with Crippen molar-refractivity contribution < 1.29 is 9.21 Å². The lowest BCUT2D eigenvalue weighted by Crippen LogP contribution is -2.38. The van der Waals surface area contributed by atoms with E-state index in [0.717, 1.165) is 18.0 Å². The topological polar surface area (TPSA) is 78.7 Å². The molecule has 0 spiro atoms. The van der Waals surface area contributed by atoms with Crippen molar-refractivity contribution in [1.82, 2.24) is 10.6 Å². The van der Waals surface area contributed by atoms with E-state index >= 15 is 0 Å². The highest BCUT2D eigenvalue weighted by molar-refractivity contribution is 6.30. The summed E-state index contributed by atoms with van der Waals surface area (Å²) in [6.07, 6.45) is 2.75. The van der Waals surface area contributed by atoms with Crippen LogP contribution in [0, 0.1) is 0 Å². The van der Waals surface area contributed by atoms with Crippen LogP contribution >= 0.6 is 11.6 Å². The Balaban J connectivity index is 1.69. The zero-order valence-corrected chi connectivity index (χ0v) is 15.0. The van der Waals surface area contributed by atoms with Crippen molar-refractivity contribution in [2.45, 2.75) is 26.3 Å². The summed E-state index contributed by atoms with van der Waals surface area (Å²) in [5, 5.41) is 9.86. The number of nitrogens with one attached hydrogen (secondary N) is 3. The Hall–Kier alpha value is -2.47. The van der Waals surface area contributed by atoms with E-state index in [4.69, 9.17) is 16.0 Å². The summed E-state index contributed by atoms with van der Waals surface area (Å²) in [5.41, 5.74) is 0.746. The number of rotatable bonds is 8. The van der Waals surface area contributed by atoms with Crippen molar-refractivity contribution in [3.05, 3.63) is 53.4 Å². The van der Waals surface area contributed by atoms with Crippen LogP contribution in [0.5, 0.6) is 0 Å². The van der Waals surface area contributed by atoms with E-state index in [1.54, 1.807) is 30.5 Å². The first-order valence-corrected chi connectivity index (χ1v) is 8.65. The Morgan fingerprint density at radius 3 is 2.68 bits per heavy atom. The molecule has 6 nitrogen and oxygen atoms in total. The third-order valence-corrected chi connectivity index (χ3v) is 3.57. The van der Waals surface area contributed by atoms with Crippen LogP contribution in [0.1, 0.15) is 25.5 Å². The molecule has 2 aromatic rings. The van der Waals surface area contributed by atoms with Gasteiger partial charge in [-0.15, -0.1) is 0 Å². The highest BCUT2D eigenvalue weighted by Gasteiger charge is 2.03. The van der Waals surface area contributed by atoms with Crippen LogP contribution in [0.15, 0.2) is 52.1 Å². The lowest BCUT2D eigenvalue weighted by Gasteiger charge is -2.11. The maximum absolute atomic E-state index is 11.9. The van der Waals surface area contributed by atoms with Gasteiger partial charge in [-0.3, -0.25) is 4.79 Å². The Bertz CT molecular complexity index is 669. The fourth-order valence-electron chi connectivity index (χ4n) is 2.11. The molecule has 1 aromatic heterocycles. The van der Waals surface area contributed by atoms with Crippen molar-refractivity contribution in [2.24, 2.45) is 4.99 Å². The molecule has 0 saturated heterocycles. The molecular weight excluding hydrogens is 340 g/mol. The first-order chi connectivity index (χ1) is 12.2. The van der Waals surface area contributed by atoms with Crippen molar-refractivity contribution in [3.8, 4) is 0 Å². The van der Waals surface area contributed by atoms with Crippen LogP contribution in [-0.2, 0) is 11.3 Å². The van der Waals surface area contributed by atoms with Gasteiger partial charge in [0.1, 0.15) is 12.3 Å². The lowest BCUT2D eigenvalue weighted by atomic mass is 10.2. The van der Waals surface area contributed by atoms with Gasteiger partial charge < -0.3 is 20.4 Å². The first-order valence-electron chi connectivity index (χ1n) is 8.27. The number of hydrogen-bond acceptors (Lipinski definition) is 3. The van der Waals surface area contributed by atoms with Crippen LogP contribution in [-0.4, -0.2) is 25.0 Å². The summed E-state index contributed by atoms with van der Waals surface area (Å²) < 4.78 is 5.26. The number of guanidine groups is 1. The van der Waals surface area contributed by atoms with E-state index in [0.29, 0.717) is 36.9 Å². The summed E-state index contributed by atoms with van der Waals surface area (Å²) in [6, 6.07) is 10.8. The molecule has 0 aliphatic rings. The third-order valence-electron chi connectivity index (χ3n) is 3.32. The minimum atomic E-state index is -0.0263. The number of halogens is 1. The summed E-state index contributed by atoms with van der Waals surface area (Å²) >= 11 is 5.82. The van der Waals surface area contributed by atoms with Gasteiger partial charge in [-0.1, -0.05) is 11.6 Å². The smallest absolute Gasteiger partial charge is 0.224 e. The summed E-state index contributed by atoms with van der Waals surface area (Å²) in [4.78, 5) is 16.4. The van der Waals surface area contributed by atoms with Gasteiger partial charge >= 0.3 is 0 Å². The minimum absolute atomic E-state index is 0.0263. The van der Waals surface area contributed by atoms with E-state index in [1.807, 2.05) is 19.1 Å². The van der Waals surface area contributed by atoms with Gasteiger partial charge in [0.15, 0.2) is 5.96 Å². The Labute approximate surface area is 152 Å². The monoisotopic (exact) mass is 362 g/mol. The van der Waals surface area contributed by atoms with Crippen molar-refractivity contribution in [1.29, 1.82) is 0 Å². The normalized spacial score (nSPS) is 11.2. The number of nitrogens with zero attached hydrogens (tertiary/aromatic N) is 1. The average Bonchev–Trinajstić information content (AvgIpc) is 3.12. The number of furan rings is 1. The van der Waals surface area contributed by atoms with Gasteiger partial charge in [-0.2, -0.15) is 0 Å². The molecule has 0 unspecified atom stereocenters. The molecule has 3 N–H and O–H groups in total. The third kappa shape index (κ3) is 7.30. The molecule has 25 heavy (non-hydrogen) atoms. The molecule has 2 rings (SSSR count). The second-order valence-corrected chi connectivity index (χ2v) is 5.80. The summed E-state index contributed by atoms with van der Waals surface area (Å²) in [7, 11) is 0. The van der Waals surface area contributed by atoms with E-state index in [-0.39, 0.29) is 5.91 Å². The molecular formula is C18H23ClN4O2. The zero-order valence-electron chi connectivity index (χ0n) is 14.2. The second-order valence-electron chi connectivity index (χ2n) is 5.36. The maximum atomic E-state index is 11.9. The molecule has 0 atom stereocenters. The predicted octanol–water partition coefficient (Wildman–Crippen LogP) is 3.41. The number of hydrogen-bond donors (Lipinski definition) is 3. The van der Waals surface area contributed by atoms with E-state index in [1.165, 1.54) is 0 Å². The fourth-order valence-corrected chi connectivity index (χ4v) is 2.24. The van der Waals surface area contributed by atoms with Gasteiger partial charge in [0, 0.05) is 30.2 Å². The van der Waals surface area contributed by atoms with Crippen LogP contribution in [0.3, 0.4) is 0 Å². The molecule has 0 radical (unpaired) electrons. The maximum Gasteiger partial charge on any atom is 0.224 e. The van der Waals surface area contributed by atoms with Crippen LogP contribution in [0.4, 0.5) is 5.69 Å². The standard InChI is InChI=1S/C18H23ClN4O2/c1-2-20-18(22-13-16-5-4-12-25-16)21-11-3-6-17(24)23-15-9-7-14(19)8-10-15/h4-5,7-10,12H,2-3,6,11,13H2,1H3,(H,23,24)(H2,20,21,22). The van der Waals surface area contributed by atoms with E-state index in [2.05, 4.69) is 20.9 Å². The molecule has 1 heterocycles. The highest BCUT2D eigenvalue weighted by Crippen LogP contribution is 2.13. The van der Waals surface area contributed by atoms with Crippen LogP contribution in [0.25, 0.3) is 0 Å². The predicted molar refractivity (Wildman–Crippen MR) is 101 cm³/mol. The van der Waals surface area contributed by atoms with Crippen molar-refractivity contribution >= 4 is 29.2 Å². The van der Waals surface area contributed by atoms with Crippen molar-refractivity contribution in [3.63, 3.8) is 0 Å². The van der Waals surface area contributed by atoms with Gasteiger partial charge in [-0.05, 0) is 49.7 Å². The highest BCUT2D eigenvalue weighted by atomic mass is 35.5. The van der Waals surface area contributed by atoms with E-state index < -0.39 is 0 Å². The molecule has 0 aliphatic heterocycles. The van der Waals surface area contributed by atoms with Crippen LogP contribution < -0.4 is 16.0 Å². The molecule has 7 heteroatoms. The van der Waals surface area contributed by atoms with E-state index in [9.17, 15) is 4.79 Å². The number of aliphatic imine (C=N–C) groups is 1. The Morgan fingerprint density at radius 1 is 1.20 bits per heavy atom. The summed E-state index contributed by atoms with van der Waals surface area (Å²) in [6.45, 7) is 3.89. The number of anilines is 1. The van der Waals surface area contributed by atoms with Gasteiger partial charge in [-0.25, -0.2) is 4.99 Å². The fraction of sp³-hybridized carbons (Fsp3) is 0.333. The molecule has 134 valence electrons. The Morgan fingerprint density at radius 2 is 2.00 bits per heavy atom. The molecule has 0 fully saturated rings. The number of amides is 1. The largest absolute Gasteiger partial charge is 0.467 e. The van der Waals surface area contributed by atoms with Gasteiger partial charge in [0.05, 0.1) is 6.26 Å². The number of carbonyl (C=O) groups is 1. The van der Waals surface area contributed by atoms with Crippen LogP contribution in [0.2, 0.25) is 5.02 Å². The quantitative estimate of drug-likeness (QED) is 0.382. The minimum Gasteiger partial charge on any atom is -0.467 e. The number of carbonyl (C=O) groups excluding carboxylic acids is 1. The Kier molecular flexibility index (Phi) is 7.85. The molecule has 1 aromatic carbocycles. The lowest BCUT2D eigenvalue weighted by molar-refractivity contribution is -0.116. The van der Waals surface area contributed by atoms with Gasteiger partial charge in [0.25, 0.3) is 0 Å². The first kappa shape index (κ1) is 18.9. The average molecular weight is 363 g/mol. The van der Waals surface area contributed by atoms with Crippen molar-refractivity contribution in [2.75, 3.05) is 18.4 Å². The molecule has 0 bridgehead atoms. The SMILES string of the molecule is CCNC(=NCc1ccco1)NCCCC(=O)Nc1ccc(Cl)cc1. The van der Waals surface area contributed by atoms with Gasteiger partial charge in [0.2, 0.25) is 5.91 Å². The molecule has 1 amide bonds. The summed E-state index contributed by atoms with van der Waals surface area (Å²) in [5.74, 6) is 1.48. The second kappa shape index (κ2) is 10.4.